The van der Waals surface area contributed by atoms with Crippen molar-refractivity contribution in [2.75, 3.05) is 6.61 Å². The molecule has 3 fully saturated rings. The third-order valence-corrected chi connectivity index (χ3v) is 4.10. The molecule has 7 nitrogen and oxygen atoms in total. The quantitative estimate of drug-likeness (QED) is 0.460. The summed E-state index contributed by atoms with van der Waals surface area (Å²) in [5.41, 5.74) is 0. The second-order valence-corrected chi connectivity index (χ2v) is 7.20. The smallest absolute Gasteiger partial charge is 0.467 e. The Morgan fingerprint density at radius 3 is 2.23 bits per heavy atom. The van der Waals surface area contributed by atoms with Crippen molar-refractivity contribution in [2.24, 2.45) is 0 Å². The van der Waals surface area contributed by atoms with Gasteiger partial charge >= 0.3 is 6.18 Å². The Morgan fingerprint density at radius 1 is 1.00 bits per heavy atom. The van der Waals surface area contributed by atoms with Crippen LogP contribution in [0.2, 0.25) is 0 Å². The van der Waals surface area contributed by atoms with Crippen molar-refractivity contribution in [2.45, 2.75) is 76.2 Å². The van der Waals surface area contributed by atoms with Gasteiger partial charge in [-0.2, -0.15) is 13.2 Å². The molecule has 0 bridgehead atoms. The Morgan fingerprint density at radius 2 is 1.58 bits per heavy atom. The van der Waals surface area contributed by atoms with Gasteiger partial charge in [-0.15, -0.1) is 0 Å². The maximum Gasteiger partial charge on any atom is 0.467 e. The molecule has 0 aliphatic carbocycles. The largest absolute Gasteiger partial charge is 0.470 e. The molecule has 148 valence electrons. The van der Waals surface area contributed by atoms with Crippen LogP contribution in [0.3, 0.4) is 0 Å². The van der Waals surface area contributed by atoms with Crippen molar-refractivity contribution in [3.8, 4) is 0 Å². The zero-order valence-corrected chi connectivity index (χ0v) is 14.8. The lowest BCUT2D eigenvalue weighted by atomic mass is 9.99. The lowest BCUT2D eigenvalue weighted by Gasteiger charge is -2.36. The molecule has 26 heavy (non-hydrogen) atoms. The fraction of sp³-hybridized carbons (Fsp3) is 0.812. The van der Waals surface area contributed by atoms with Crippen molar-refractivity contribution in [1.29, 1.82) is 5.41 Å². The van der Waals surface area contributed by atoms with Gasteiger partial charge in [-0.3, -0.25) is 5.41 Å². The van der Waals surface area contributed by atoms with E-state index in [4.69, 9.17) is 29.1 Å². The van der Waals surface area contributed by atoms with Gasteiger partial charge < -0.3 is 28.4 Å². The molecule has 3 aliphatic heterocycles. The van der Waals surface area contributed by atoms with Gasteiger partial charge in [0, 0.05) is 0 Å². The molecule has 0 saturated carbocycles. The van der Waals surface area contributed by atoms with Crippen LogP contribution in [0.1, 0.15) is 27.7 Å². The fourth-order valence-electron chi connectivity index (χ4n) is 3.20. The van der Waals surface area contributed by atoms with Gasteiger partial charge in [0.15, 0.2) is 17.9 Å². The summed E-state index contributed by atoms with van der Waals surface area (Å²) in [6.45, 7) is 6.61. The standard InChI is InChI=1S/C16H22F3NO6/c1-14(2)23-9-8(6-5-7-21-13(20)16(17,18)19)22-12-11(10(9)24-14)25-15(3,4)26-12/h5-6,8-12,20H,7H2,1-4H3/b6-5-,20-13?/t8-,9+,10+,11-,12-/m1/s1. The Hall–Kier alpha value is -1.20. The van der Waals surface area contributed by atoms with E-state index in [1.165, 1.54) is 12.2 Å². The summed E-state index contributed by atoms with van der Waals surface area (Å²) in [4.78, 5) is 0. The highest BCUT2D eigenvalue weighted by atomic mass is 19.4. The Balaban J connectivity index is 1.67. The first-order valence-corrected chi connectivity index (χ1v) is 8.20. The monoisotopic (exact) mass is 381 g/mol. The molecule has 3 saturated heterocycles. The molecule has 0 aromatic heterocycles. The minimum Gasteiger partial charge on any atom is -0.470 e. The van der Waals surface area contributed by atoms with Crippen LogP contribution in [0.5, 0.6) is 0 Å². The summed E-state index contributed by atoms with van der Waals surface area (Å²) in [7, 11) is 0. The molecule has 0 amide bonds. The normalized spacial score (nSPS) is 38.2. The second-order valence-electron chi connectivity index (χ2n) is 7.20. The minimum absolute atomic E-state index is 0.420. The van der Waals surface area contributed by atoms with E-state index in [0.29, 0.717) is 0 Å². The van der Waals surface area contributed by atoms with Crippen LogP contribution < -0.4 is 0 Å². The van der Waals surface area contributed by atoms with Crippen LogP contribution in [0, 0.1) is 5.41 Å². The van der Waals surface area contributed by atoms with Crippen molar-refractivity contribution in [3.05, 3.63) is 12.2 Å². The number of alkyl halides is 3. The lowest BCUT2D eigenvalue weighted by molar-refractivity contribution is -0.222. The second kappa shape index (κ2) is 6.45. The van der Waals surface area contributed by atoms with Crippen LogP contribution in [0.15, 0.2) is 12.2 Å². The molecular weight excluding hydrogens is 359 g/mol. The van der Waals surface area contributed by atoms with Gasteiger partial charge in [0.2, 0.25) is 0 Å². The van der Waals surface area contributed by atoms with Crippen LogP contribution in [-0.2, 0) is 28.4 Å². The molecule has 0 aromatic carbocycles. The molecule has 0 radical (unpaired) electrons. The van der Waals surface area contributed by atoms with E-state index < -0.39 is 61.0 Å². The Kier molecular flexibility index (Phi) is 4.85. The average molecular weight is 381 g/mol. The molecule has 0 spiro atoms. The number of fused-ring (bicyclic) bond motifs is 3. The van der Waals surface area contributed by atoms with Gasteiger partial charge in [0.25, 0.3) is 5.90 Å². The van der Waals surface area contributed by atoms with E-state index in [9.17, 15) is 13.2 Å². The fourth-order valence-corrected chi connectivity index (χ4v) is 3.20. The number of hydrogen-bond acceptors (Lipinski definition) is 7. The Labute approximate surface area is 148 Å². The number of ether oxygens (including phenoxy) is 6. The van der Waals surface area contributed by atoms with E-state index >= 15 is 0 Å². The summed E-state index contributed by atoms with van der Waals surface area (Å²) < 4.78 is 70.3. The van der Waals surface area contributed by atoms with Crippen molar-refractivity contribution < 1.29 is 41.6 Å². The topological polar surface area (TPSA) is 79.2 Å². The predicted octanol–water partition coefficient (Wildman–Crippen LogP) is 2.50. The predicted molar refractivity (Wildman–Crippen MR) is 81.4 cm³/mol. The van der Waals surface area contributed by atoms with E-state index in [-0.39, 0.29) is 0 Å². The highest BCUT2D eigenvalue weighted by Gasteiger charge is 2.60. The van der Waals surface area contributed by atoms with Crippen molar-refractivity contribution >= 4 is 5.90 Å². The summed E-state index contributed by atoms with van der Waals surface area (Å²) >= 11 is 0. The number of hydrogen-bond donors (Lipinski definition) is 1. The number of halogens is 3. The van der Waals surface area contributed by atoms with Crippen LogP contribution in [-0.4, -0.2) is 61.0 Å². The van der Waals surface area contributed by atoms with Gasteiger partial charge in [-0.25, -0.2) is 0 Å². The lowest BCUT2D eigenvalue weighted by Crippen LogP contribution is -2.54. The molecule has 10 heteroatoms. The molecule has 3 rings (SSSR count). The van der Waals surface area contributed by atoms with Crippen LogP contribution in [0.25, 0.3) is 0 Å². The highest BCUT2D eigenvalue weighted by molar-refractivity contribution is 5.78. The molecule has 3 aliphatic rings. The summed E-state index contributed by atoms with van der Waals surface area (Å²) in [6.07, 6.45) is -4.68. The van der Waals surface area contributed by atoms with E-state index in [1.807, 2.05) is 0 Å². The van der Waals surface area contributed by atoms with Gasteiger partial charge in [0.1, 0.15) is 31.0 Å². The summed E-state index contributed by atoms with van der Waals surface area (Å²) in [6, 6.07) is 0. The van der Waals surface area contributed by atoms with Gasteiger partial charge in [0.05, 0.1) is 0 Å². The van der Waals surface area contributed by atoms with E-state index in [1.54, 1.807) is 27.7 Å². The number of rotatable bonds is 3. The number of nitrogens with one attached hydrogen (secondary N) is 1. The van der Waals surface area contributed by atoms with E-state index in [2.05, 4.69) is 4.74 Å². The summed E-state index contributed by atoms with van der Waals surface area (Å²) in [5, 5.41) is 6.78. The third-order valence-electron chi connectivity index (χ3n) is 4.10. The third kappa shape index (κ3) is 4.04. The molecule has 3 heterocycles. The average Bonchev–Trinajstić information content (AvgIpc) is 2.96. The molecule has 0 aromatic rings. The molecular formula is C16H22F3NO6. The molecule has 5 atom stereocenters. The maximum atomic E-state index is 12.2. The van der Waals surface area contributed by atoms with Crippen molar-refractivity contribution in [3.63, 3.8) is 0 Å². The van der Waals surface area contributed by atoms with E-state index in [0.717, 1.165) is 0 Å². The first-order chi connectivity index (χ1) is 11.9. The first-order valence-electron chi connectivity index (χ1n) is 8.20. The minimum atomic E-state index is -4.81. The zero-order chi connectivity index (χ0) is 19.3. The van der Waals surface area contributed by atoms with Gasteiger partial charge in [-0.05, 0) is 33.8 Å². The summed E-state index contributed by atoms with van der Waals surface area (Å²) in [5.74, 6) is -3.45. The first kappa shape index (κ1) is 19.6. The van der Waals surface area contributed by atoms with Crippen LogP contribution >= 0.6 is 0 Å². The highest BCUT2D eigenvalue weighted by Crippen LogP contribution is 2.44. The maximum absolute atomic E-state index is 12.2. The molecule has 1 N–H and O–H groups in total. The Bertz CT molecular complexity index is 591. The zero-order valence-electron chi connectivity index (χ0n) is 14.8. The van der Waals surface area contributed by atoms with Gasteiger partial charge in [-0.1, -0.05) is 6.08 Å². The molecule has 0 unspecified atom stereocenters. The SMILES string of the molecule is CC1(C)O[C@H]2[C@@H](O1)[C@@H](/C=C\COC(=N)C(F)(F)F)O[C@@H]1OC(C)(C)O[C@@H]12. The van der Waals surface area contributed by atoms with Crippen LogP contribution in [0.4, 0.5) is 13.2 Å². The van der Waals surface area contributed by atoms with Crippen molar-refractivity contribution in [1.82, 2.24) is 0 Å².